The van der Waals surface area contributed by atoms with Gasteiger partial charge in [-0.25, -0.2) is 9.07 Å². The van der Waals surface area contributed by atoms with Gasteiger partial charge in [-0.3, -0.25) is 14.4 Å². The zero-order valence-corrected chi connectivity index (χ0v) is 20.4. The maximum absolute atomic E-state index is 15.3. The molecule has 10 nitrogen and oxygen atoms in total. The molecule has 0 radical (unpaired) electrons. The summed E-state index contributed by atoms with van der Waals surface area (Å²) in [6, 6.07) is -1.39. The van der Waals surface area contributed by atoms with Gasteiger partial charge < -0.3 is 20.1 Å². The zero-order valence-electron chi connectivity index (χ0n) is 20.4. The summed E-state index contributed by atoms with van der Waals surface area (Å²) < 4.78 is 73.9. The van der Waals surface area contributed by atoms with Crippen LogP contribution in [-0.2, 0) is 11.0 Å². The molecule has 39 heavy (non-hydrogen) atoms. The molecule has 0 unspecified atom stereocenters. The molecule has 3 N–H and O–H groups in total. The van der Waals surface area contributed by atoms with Gasteiger partial charge in [0.2, 0.25) is 11.9 Å². The third-order valence-corrected chi connectivity index (χ3v) is 7.08. The summed E-state index contributed by atoms with van der Waals surface area (Å²) >= 11 is 0. The van der Waals surface area contributed by atoms with Crippen molar-refractivity contribution >= 4 is 17.5 Å². The van der Waals surface area contributed by atoms with Crippen molar-refractivity contribution in [2.45, 2.75) is 50.9 Å². The van der Waals surface area contributed by atoms with E-state index in [1.165, 1.54) is 6.92 Å². The Bertz CT molecular complexity index is 1440. The Labute approximate surface area is 216 Å². The van der Waals surface area contributed by atoms with Gasteiger partial charge in [0.05, 0.1) is 12.2 Å². The van der Waals surface area contributed by atoms with Crippen LogP contribution in [0, 0.1) is 29.5 Å². The van der Waals surface area contributed by atoms with E-state index in [2.05, 4.69) is 30.4 Å². The molecular formula is C24H23F5N6O4. The Morgan fingerprint density at radius 3 is 2.46 bits per heavy atom. The van der Waals surface area contributed by atoms with E-state index < -0.39 is 58.7 Å². The predicted octanol–water partition coefficient (Wildman–Crippen LogP) is 3.64. The fourth-order valence-electron chi connectivity index (χ4n) is 4.88. The van der Waals surface area contributed by atoms with Crippen LogP contribution in [0.15, 0.2) is 34.0 Å². The molecule has 2 aliphatic rings. The second kappa shape index (κ2) is 9.93. The first kappa shape index (κ1) is 26.6. The number of nitrogens with zero attached hydrogens (tertiary/aromatic N) is 3. The standard InChI is InChI=1S/C24H23F5N6O4/c1-10(14-6-13(25)7-30-21(14)36)35-20(26)16(8-31-35)32-23(38)18(17(11-2-3-11)12-4-5-12)33-22(37)15-9-39-34-19(15)24(27,28)29/h6-12,17-18H,2-5H2,1H3,(H,30,36)(H,32,38)(H,33,37)/t10-,18-/m0/s1. The number of aromatic nitrogens is 4. The molecule has 3 aromatic heterocycles. The SMILES string of the molecule is C[C@@H](c1cc(F)c[nH]c1=O)n1ncc(NC(=O)[C@@H](NC(=O)c2conc2C(F)(F)F)C(C2CC2)C2CC2)c1F. The average Bonchev–Trinajstić information content (AvgIpc) is 3.81. The molecule has 2 saturated carbocycles. The van der Waals surface area contributed by atoms with Crippen molar-refractivity contribution in [2.75, 3.05) is 5.32 Å². The van der Waals surface area contributed by atoms with E-state index in [1.807, 2.05) is 0 Å². The van der Waals surface area contributed by atoms with Crippen LogP contribution in [0.2, 0.25) is 0 Å². The summed E-state index contributed by atoms with van der Waals surface area (Å²) in [7, 11) is 0. The first-order valence-corrected chi connectivity index (χ1v) is 12.2. The topological polar surface area (TPSA) is 135 Å². The van der Waals surface area contributed by atoms with E-state index >= 15 is 4.39 Å². The first-order valence-electron chi connectivity index (χ1n) is 12.2. The summed E-state index contributed by atoms with van der Waals surface area (Å²) in [5.41, 5.74) is -3.56. The number of carbonyl (C=O) groups is 2. The summed E-state index contributed by atoms with van der Waals surface area (Å²) in [6.07, 6.45) is 0.577. The van der Waals surface area contributed by atoms with Crippen LogP contribution in [-0.4, -0.2) is 37.8 Å². The lowest BCUT2D eigenvalue weighted by molar-refractivity contribution is -0.143. The van der Waals surface area contributed by atoms with Crippen molar-refractivity contribution in [3.05, 3.63) is 63.7 Å². The fraction of sp³-hybridized carbons (Fsp3) is 0.458. The minimum Gasteiger partial charge on any atom is -0.363 e. The van der Waals surface area contributed by atoms with Crippen molar-refractivity contribution in [3.8, 4) is 0 Å². The Kier molecular flexibility index (Phi) is 6.76. The van der Waals surface area contributed by atoms with Crippen molar-refractivity contribution in [1.82, 2.24) is 25.2 Å². The number of alkyl halides is 3. The molecule has 5 rings (SSSR count). The Hall–Kier alpha value is -4.04. The Morgan fingerprint density at radius 2 is 1.85 bits per heavy atom. The number of hydrogen-bond donors (Lipinski definition) is 3. The number of halogens is 5. The molecule has 0 spiro atoms. The minimum atomic E-state index is -4.96. The molecule has 2 aliphatic carbocycles. The lowest BCUT2D eigenvalue weighted by Crippen LogP contribution is -2.50. The van der Waals surface area contributed by atoms with Gasteiger partial charge in [-0.05, 0) is 56.4 Å². The third kappa shape index (κ3) is 5.43. The van der Waals surface area contributed by atoms with Crippen LogP contribution < -0.4 is 16.2 Å². The highest BCUT2D eigenvalue weighted by molar-refractivity contribution is 6.01. The third-order valence-electron chi connectivity index (χ3n) is 7.08. The second-order valence-electron chi connectivity index (χ2n) is 9.84. The van der Waals surface area contributed by atoms with Gasteiger partial charge in [-0.2, -0.15) is 22.7 Å². The second-order valence-corrected chi connectivity index (χ2v) is 9.84. The summed E-state index contributed by atoms with van der Waals surface area (Å²) in [4.78, 5) is 40.6. The van der Waals surface area contributed by atoms with Crippen molar-refractivity contribution in [3.63, 3.8) is 0 Å². The van der Waals surface area contributed by atoms with E-state index in [1.54, 1.807) is 0 Å². The highest BCUT2D eigenvalue weighted by Gasteiger charge is 2.49. The number of pyridine rings is 1. The highest BCUT2D eigenvalue weighted by Crippen LogP contribution is 2.51. The van der Waals surface area contributed by atoms with E-state index in [4.69, 9.17) is 0 Å². The van der Waals surface area contributed by atoms with Crippen molar-refractivity contribution in [1.29, 1.82) is 0 Å². The fourth-order valence-corrected chi connectivity index (χ4v) is 4.88. The molecule has 2 fully saturated rings. The minimum absolute atomic E-state index is 0.0744. The maximum atomic E-state index is 15.3. The molecule has 15 heteroatoms. The van der Waals surface area contributed by atoms with Gasteiger partial charge in [-0.1, -0.05) is 5.16 Å². The molecule has 0 aromatic carbocycles. The monoisotopic (exact) mass is 554 g/mol. The first-order chi connectivity index (χ1) is 18.5. The Morgan fingerprint density at radius 1 is 1.18 bits per heavy atom. The van der Waals surface area contributed by atoms with Gasteiger partial charge >= 0.3 is 6.18 Å². The molecule has 3 heterocycles. The van der Waals surface area contributed by atoms with Gasteiger partial charge in [0.1, 0.15) is 29.4 Å². The number of anilines is 1. The number of amides is 2. The number of rotatable bonds is 9. The van der Waals surface area contributed by atoms with Crippen LogP contribution >= 0.6 is 0 Å². The largest absolute Gasteiger partial charge is 0.437 e. The van der Waals surface area contributed by atoms with Crippen LogP contribution in [0.3, 0.4) is 0 Å². The van der Waals surface area contributed by atoms with Gasteiger partial charge in [0, 0.05) is 11.8 Å². The van der Waals surface area contributed by atoms with Crippen molar-refractivity contribution in [2.24, 2.45) is 17.8 Å². The van der Waals surface area contributed by atoms with Gasteiger partial charge in [0.15, 0.2) is 5.69 Å². The van der Waals surface area contributed by atoms with Crippen LogP contribution in [0.4, 0.5) is 27.6 Å². The van der Waals surface area contributed by atoms with E-state index in [0.717, 1.165) is 48.8 Å². The van der Waals surface area contributed by atoms with E-state index in [-0.39, 0.29) is 29.0 Å². The van der Waals surface area contributed by atoms with Gasteiger partial charge in [-0.15, -0.1) is 0 Å². The quantitative estimate of drug-likeness (QED) is 0.346. The van der Waals surface area contributed by atoms with E-state index in [9.17, 15) is 31.9 Å². The normalized spacial score (nSPS) is 17.2. The van der Waals surface area contributed by atoms with Crippen LogP contribution in [0.25, 0.3) is 0 Å². The molecule has 0 bridgehead atoms. The molecular weight excluding hydrogens is 531 g/mol. The lowest BCUT2D eigenvalue weighted by Gasteiger charge is -2.27. The number of carbonyl (C=O) groups excluding carboxylic acids is 2. The molecule has 0 saturated heterocycles. The summed E-state index contributed by atoms with van der Waals surface area (Å²) in [5.74, 6) is -4.06. The number of nitrogens with one attached hydrogen (secondary N) is 3. The van der Waals surface area contributed by atoms with Crippen LogP contribution in [0.1, 0.15) is 60.3 Å². The van der Waals surface area contributed by atoms with Crippen LogP contribution in [0.5, 0.6) is 0 Å². The molecule has 2 amide bonds. The average molecular weight is 554 g/mol. The Balaban J connectivity index is 1.40. The molecule has 0 aliphatic heterocycles. The van der Waals surface area contributed by atoms with Gasteiger partial charge in [0.25, 0.3) is 11.5 Å². The smallest absolute Gasteiger partial charge is 0.363 e. The number of hydrogen-bond acceptors (Lipinski definition) is 6. The number of aromatic amines is 1. The lowest BCUT2D eigenvalue weighted by atomic mass is 9.88. The molecule has 3 aromatic rings. The molecule has 2 atom stereocenters. The van der Waals surface area contributed by atoms with E-state index in [0.29, 0.717) is 6.26 Å². The highest BCUT2D eigenvalue weighted by atomic mass is 19.4. The number of H-pyrrole nitrogens is 1. The summed E-state index contributed by atoms with van der Waals surface area (Å²) in [5, 5.41) is 11.5. The molecule has 208 valence electrons. The maximum Gasteiger partial charge on any atom is 0.437 e. The zero-order chi connectivity index (χ0) is 28.1. The predicted molar refractivity (Wildman–Crippen MR) is 123 cm³/mol. The van der Waals surface area contributed by atoms with Crippen molar-refractivity contribution < 1.29 is 36.1 Å². The summed E-state index contributed by atoms with van der Waals surface area (Å²) in [6.45, 7) is 1.40.